The number of nitrogens with zero attached hydrogens (tertiary/aromatic N) is 2. The number of aromatic nitrogens is 2. The molecule has 0 saturated carbocycles. The number of carbonyl (C=O) groups is 1. The highest BCUT2D eigenvalue weighted by Gasteiger charge is 2.17. The van der Waals surface area contributed by atoms with E-state index in [1.807, 2.05) is 30.3 Å². The van der Waals surface area contributed by atoms with Gasteiger partial charge >= 0.3 is 0 Å². The van der Waals surface area contributed by atoms with Crippen molar-refractivity contribution in [2.75, 3.05) is 13.1 Å². The third-order valence-corrected chi connectivity index (χ3v) is 5.48. The molecule has 1 aromatic carbocycles. The summed E-state index contributed by atoms with van der Waals surface area (Å²) in [6.45, 7) is 1.65. The lowest BCUT2D eigenvalue weighted by Crippen LogP contribution is -2.29. The van der Waals surface area contributed by atoms with Crippen LogP contribution in [0.3, 0.4) is 0 Å². The van der Waals surface area contributed by atoms with Crippen LogP contribution in [-0.4, -0.2) is 28.4 Å². The van der Waals surface area contributed by atoms with Crippen LogP contribution in [0.4, 0.5) is 0 Å². The molecule has 1 aliphatic heterocycles. The molecule has 24 heavy (non-hydrogen) atoms. The molecule has 3 heterocycles. The van der Waals surface area contributed by atoms with Crippen LogP contribution in [0.5, 0.6) is 0 Å². The zero-order chi connectivity index (χ0) is 16.5. The molecule has 1 aliphatic rings. The molecule has 0 radical (unpaired) electrons. The lowest BCUT2D eigenvalue weighted by Gasteiger charge is -2.08. The third kappa shape index (κ3) is 2.79. The molecule has 1 N–H and O–H groups in total. The Morgan fingerprint density at radius 3 is 2.96 bits per heavy atom. The molecule has 0 unspecified atom stereocenters. The molecule has 0 bridgehead atoms. The summed E-state index contributed by atoms with van der Waals surface area (Å²) >= 11 is 1.47. The van der Waals surface area contributed by atoms with E-state index >= 15 is 0 Å². The van der Waals surface area contributed by atoms with Crippen molar-refractivity contribution in [2.45, 2.75) is 19.4 Å². The van der Waals surface area contributed by atoms with Gasteiger partial charge in [0.2, 0.25) is 0 Å². The van der Waals surface area contributed by atoms with Crippen molar-refractivity contribution in [2.24, 2.45) is 0 Å². The minimum atomic E-state index is -0.0850. The minimum Gasteiger partial charge on any atom is -0.316 e. The summed E-state index contributed by atoms with van der Waals surface area (Å²) in [7, 11) is 0. The van der Waals surface area contributed by atoms with Crippen LogP contribution in [0.1, 0.15) is 20.9 Å². The Kier molecular flexibility index (Phi) is 4.00. The molecule has 0 atom stereocenters. The maximum absolute atomic E-state index is 12.7. The molecule has 0 spiro atoms. The molecule has 122 valence electrons. The summed E-state index contributed by atoms with van der Waals surface area (Å²) in [6, 6.07) is 9.81. The smallest absolute Gasteiger partial charge is 0.257 e. The summed E-state index contributed by atoms with van der Waals surface area (Å²) in [5.74, 6) is -0.0493. The van der Waals surface area contributed by atoms with Crippen molar-refractivity contribution in [3.63, 3.8) is 0 Å². The van der Waals surface area contributed by atoms with Gasteiger partial charge in [-0.25, -0.2) is 4.98 Å². The highest BCUT2D eigenvalue weighted by Crippen LogP contribution is 2.25. The molecule has 0 saturated heterocycles. The lowest BCUT2D eigenvalue weighted by atomic mass is 10.1. The second-order valence-corrected chi connectivity index (χ2v) is 7.01. The van der Waals surface area contributed by atoms with Crippen molar-refractivity contribution in [1.29, 1.82) is 0 Å². The second-order valence-electron chi connectivity index (χ2n) is 5.92. The minimum absolute atomic E-state index is 0.0410. The summed E-state index contributed by atoms with van der Waals surface area (Å²) < 4.78 is 2.52. The van der Waals surface area contributed by atoms with Crippen molar-refractivity contribution < 1.29 is 4.79 Å². The van der Waals surface area contributed by atoms with Gasteiger partial charge in [0.15, 0.2) is 5.78 Å². The number of fused-ring (bicyclic) bond motifs is 2. The van der Waals surface area contributed by atoms with Gasteiger partial charge in [-0.15, -0.1) is 11.3 Å². The molecule has 3 aromatic rings. The van der Waals surface area contributed by atoms with Crippen molar-refractivity contribution in [3.05, 3.63) is 63.1 Å². The number of hydrogen-bond donors (Lipinski definition) is 1. The van der Waals surface area contributed by atoms with E-state index in [9.17, 15) is 9.59 Å². The number of carbonyl (C=O) groups excluding carboxylic acids is 1. The van der Waals surface area contributed by atoms with E-state index in [0.717, 1.165) is 40.9 Å². The Morgan fingerprint density at radius 1 is 1.25 bits per heavy atom. The first kappa shape index (κ1) is 15.2. The molecule has 4 rings (SSSR count). The van der Waals surface area contributed by atoms with Crippen molar-refractivity contribution in [1.82, 2.24) is 14.9 Å². The molecular formula is C18H17N3O2S. The van der Waals surface area contributed by atoms with Gasteiger partial charge in [0, 0.05) is 23.2 Å². The largest absolute Gasteiger partial charge is 0.316 e. The molecule has 0 amide bonds. The van der Waals surface area contributed by atoms with Crippen LogP contribution in [0.25, 0.3) is 10.1 Å². The number of nitrogens with one attached hydrogen (secondary N) is 1. The Hall–Kier alpha value is -2.31. The van der Waals surface area contributed by atoms with E-state index in [2.05, 4.69) is 10.3 Å². The van der Waals surface area contributed by atoms with Crippen LogP contribution in [0.15, 0.2) is 41.5 Å². The van der Waals surface area contributed by atoms with Gasteiger partial charge in [-0.05, 0) is 30.5 Å². The van der Waals surface area contributed by atoms with E-state index in [4.69, 9.17) is 0 Å². The Bertz CT molecular complexity index is 941. The van der Waals surface area contributed by atoms with E-state index in [-0.39, 0.29) is 17.9 Å². The number of thiophene rings is 1. The van der Waals surface area contributed by atoms with Crippen LogP contribution >= 0.6 is 11.3 Å². The Morgan fingerprint density at radius 2 is 2.08 bits per heavy atom. The number of hydrogen-bond acceptors (Lipinski definition) is 5. The molecule has 0 aliphatic carbocycles. The average Bonchev–Trinajstić information content (AvgIpc) is 2.88. The highest BCUT2D eigenvalue weighted by atomic mass is 32.1. The quantitative estimate of drug-likeness (QED) is 0.742. The average molecular weight is 339 g/mol. The van der Waals surface area contributed by atoms with Gasteiger partial charge in [-0.1, -0.05) is 18.2 Å². The monoisotopic (exact) mass is 339 g/mol. The summed E-state index contributed by atoms with van der Waals surface area (Å²) in [5.41, 5.74) is 1.51. The number of Topliss-reactive ketones (excluding diaryl/α,β-unsaturated/α-hetero) is 1. The van der Waals surface area contributed by atoms with Crippen molar-refractivity contribution >= 4 is 27.2 Å². The van der Waals surface area contributed by atoms with Crippen molar-refractivity contribution in [3.8, 4) is 0 Å². The molecular weight excluding hydrogens is 322 g/mol. The Labute approximate surface area is 143 Å². The number of ketones is 1. The molecule has 0 fully saturated rings. The first-order chi connectivity index (χ1) is 11.7. The van der Waals surface area contributed by atoms with E-state index in [0.29, 0.717) is 11.3 Å². The lowest BCUT2D eigenvalue weighted by molar-refractivity contribution is 0.0974. The summed E-state index contributed by atoms with van der Waals surface area (Å²) in [4.78, 5) is 30.3. The first-order valence-corrected chi connectivity index (χ1v) is 8.84. The first-order valence-electron chi connectivity index (χ1n) is 8.02. The molecule has 6 heteroatoms. The van der Waals surface area contributed by atoms with Crippen LogP contribution in [0.2, 0.25) is 0 Å². The summed E-state index contributed by atoms with van der Waals surface area (Å²) in [6.07, 6.45) is 2.94. The number of benzene rings is 1. The second kappa shape index (κ2) is 6.30. The van der Waals surface area contributed by atoms with E-state index in [1.165, 1.54) is 22.2 Å². The van der Waals surface area contributed by atoms with Gasteiger partial charge < -0.3 is 5.32 Å². The predicted octanol–water partition coefficient (Wildman–Crippen LogP) is 2.03. The van der Waals surface area contributed by atoms with E-state index < -0.39 is 0 Å². The fourth-order valence-corrected chi connectivity index (χ4v) is 4.04. The van der Waals surface area contributed by atoms with Crippen LogP contribution in [0, 0.1) is 0 Å². The van der Waals surface area contributed by atoms with Crippen LogP contribution in [-0.2, 0) is 19.4 Å². The standard InChI is InChI=1S/C18H17N3O2S/c22-15(17-9-12-3-1-2-4-16(12)24-17)10-21-11-20-14-6-8-19-7-5-13(14)18(21)23/h1-4,9,11,19H,5-8,10H2. The van der Waals surface area contributed by atoms with Crippen LogP contribution < -0.4 is 10.9 Å². The summed E-state index contributed by atoms with van der Waals surface area (Å²) in [5, 5.41) is 4.33. The molecule has 2 aromatic heterocycles. The zero-order valence-electron chi connectivity index (χ0n) is 13.1. The van der Waals surface area contributed by atoms with Gasteiger partial charge in [0.25, 0.3) is 5.56 Å². The fraction of sp³-hybridized carbons (Fsp3) is 0.278. The zero-order valence-corrected chi connectivity index (χ0v) is 13.9. The van der Waals surface area contributed by atoms with Gasteiger partial charge in [-0.2, -0.15) is 0 Å². The van der Waals surface area contributed by atoms with Gasteiger partial charge in [-0.3, -0.25) is 14.2 Å². The fourth-order valence-electron chi connectivity index (χ4n) is 3.04. The normalized spacial score (nSPS) is 14.3. The van der Waals surface area contributed by atoms with Gasteiger partial charge in [0.1, 0.15) is 0 Å². The van der Waals surface area contributed by atoms with E-state index in [1.54, 1.807) is 0 Å². The highest BCUT2D eigenvalue weighted by molar-refractivity contribution is 7.20. The third-order valence-electron chi connectivity index (χ3n) is 4.32. The number of rotatable bonds is 3. The SMILES string of the molecule is O=C(Cn1cnc2c(c1=O)CCNCC2)c1cc2ccccc2s1. The topological polar surface area (TPSA) is 64.0 Å². The Balaban J connectivity index is 1.64. The predicted molar refractivity (Wildman–Crippen MR) is 94.9 cm³/mol. The maximum Gasteiger partial charge on any atom is 0.257 e. The maximum atomic E-state index is 12.7. The molecule has 5 nitrogen and oxygen atoms in total. The van der Waals surface area contributed by atoms with Gasteiger partial charge in [0.05, 0.1) is 23.4 Å².